The highest BCUT2D eigenvalue weighted by molar-refractivity contribution is 7.80. The van der Waals surface area contributed by atoms with E-state index in [0.717, 1.165) is 29.6 Å². The molecular weight excluding hydrogens is 330 g/mol. The zero-order valence-corrected chi connectivity index (χ0v) is 15.2. The molecule has 4 rings (SSSR count). The van der Waals surface area contributed by atoms with Crippen molar-refractivity contribution in [3.05, 3.63) is 77.5 Å². The molecule has 1 aromatic carbocycles. The van der Waals surface area contributed by atoms with E-state index in [1.807, 2.05) is 12.1 Å². The monoisotopic (exact) mass is 351 g/mol. The van der Waals surface area contributed by atoms with Crippen molar-refractivity contribution in [2.24, 2.45) is 0 Å². The summed E-state index contributed by atoms with van der Waals surface area (Å²) in [5.41, 5.74) is 4.67. The van der Waals surface area contributed by atoms with Crippen LogP contribution in [0.1, 0.15) is 28.6 Å². The van der Waals surface area contributed by atoms with Crippen molar-refractivity contribution in [1.29, 1.82) is 0 Å². The summed E-state index contributed by atoms with van der Waals surface area (Å²) in [4.78, 5) is 2.21. The zero-order valence-electron chi connectivity index (χ0n) is 14.4. The number of rotatable bonds is 2. The highest BCUT2D eigenvalue weighted by atomic mass is 32.1. The molecule has 2 aromatic heterocycles. The highest BCUT2D eigenvalue weighted by Gasteiger charge is 2.32. The number of aryl methyl sites for hydroxylation is 2. The molecule has 3 aromatic rings. The molecule has 1 unspecified atom stereocenters. The quantitative estimate of drug-likeness (QED) is 0.689. The molecule has 25 heavy (non-hydrogen) atoms. The average Bonchev–Trinajstić information content (AvgIpc) is 3.24. The first-order valence-electron chi connectivity index (χ1n) is 8.46. The van der Waals surface area contributed by atoms with Crippen LogP contribution < -0.4 is 5.32 Å². The van der Waals surface area contributed by atoms with Gasteiger partial charge in [0.05, 0.1) is 6.26 Å². The van der Waals surface area contributed by atoms with Crippen LogP contribution in [0, 0.1) is 13.8 Å². The Labute approximate surface area is 153 Å². The molecule has 5 heteroatoms. The van der Waals surface area contributed by atoms with E-state index in [2.05, 4.69) is 65.2 Å². The number of aromatic nitrogens is 1. The van der Waals surface area contributed by atoms with Gasteiger partial charge in [-0.25, -0.2) is 0 Å². The normalized spacial score (nSPS) is 16.6. The highest BCUT2D eigenvalue weighted by Crippen LogP contribution is 2.33. The van der Waals surface area contributed by atoms with Crippen molar-refractivity contribution in [1.82, 2.24) is 9.47 Å². The molecule has 1 aliphatic heterocycles. The Balaban J connectivity index is 1.65. The molecule has 1 N–H and O–H groups in total. The van der Waals surface area contributed by atoms with E-state index in [4.69, 9.17) is 16.6 Å². The summed E-state index contributed by atoms with van der Waals surface area (Å²) in [6.07, 6.45) is 3.83. The lowest BCUT2D eigenvalue weighted by atomic mass is 10.1. The fraction of sp³-hybridized carbons (Fsp3) is 0.250. The molecule has 0 saturated heterocycles. The Morgan fingerprint density at radius 1 is 1.12 bits per heavy atom. The Morgan fingerprint density at radius 2 is 1.92 bits per heavy atom. The third-order valence-electron chi connectivity index (χ3n) is 4.58. The van der Waals surface area contributed by atoms with Crippen molar-refractivity contribution < 1.29 is 4.42 Å². The molecule has 0 amide bonds. The van der Waals surface area contributed by atoms with E-state index in [-0.39, 0.29) is 6.04 Å². The van der Waals surface area contributed by atoms with E-state index in [1.54, 1.807) is 6.26 Å². The molecule has 0 radical (unpaired) electrons. The third kappa shape index (κ3) is 3.07. The summed E-state index contributed by atoms with van der Waals surface area (Å²) in [6.45, 7) is 5.94. The molecule has 1 aliphatic rings. The summed E-state index contributed by atoms with van der Waals surface area (Å²) in [5, 5.41) is 4.14. The number of nitrogens with one attached hydrogen (secondary N) is 1. The summed E-state index contributed by atoms with van der Waals surface area (Å²) in [5.74, 6) is 0.907. The SMILES string of the molecule is Cc1cc(C)cc(NC(=S)N2CCn3cccc3C2c2ccco2)c1. The minimum absolute atomic E-state index is 0.00958. The molecule has 0 saturated carbocycles. The number of thiocarbonyl (C=S) groups is 1. The van der Waals surface area contributed by atoms with Crippen LogP contribution in [0.15, 0.2) is 59.3 Å². The summed E-state index contributed by atoms with van der Waals surface area (Å²) in [6, 6.07) is 14.5. The van der Waals surface area contributed by atoms with Crippen molar-refractivity contribution in [2.75, 3.05) is 11.9 Å². The Morgan fingerprint density at radius 3 is 2.64 bits per heavy atom. The van der Waals surface area contributed by atoms with Crippen LogP contribution in [0.2, 0.25) is 0 Å². The second-order valence-electron chi connectivity index (χ2n) is 6.54. The van der Waals surface area contributed by atoms with Crippen LogP contribution in [0.5, 0.6) is 0 Å². The Hall–Kier alpha value is -2.53. The second-order valence-corrected chi connectivity index (χ2v) is 6.93. The number of anilines is 1. The standard InChI is InChI=1S/C20H21N3OS/c1-14-11-15(2)13-16(12-14)21-20(25)23-9-8-22-7-3-5-17(22)19(23)18-6-4-10-24-18/h3-7,10-13,19H,8-9H2,1-2H3,(H,21,25). The van der Waals surface area contributed by atoms with E-state index < -0.39 is 0 Å². The number of furan rings is 1. The Bertz CT molecular complexity index is 877. The average molecular weight is 351 g/mol. The first kappa shape index (κ1) is 16.0. The van der Waals surface area contributed by atoms with Crippen molar-refractivity contribution >= 4 is 23.0 Å². The minimum Gasteiger partial charge on any atom is -0.467 e. The fourth-order valence-electron chi connectivity index (χ4n) is 3.59. The van der Waals surface area contributed by atoms with E-state index in [0.29, 0.717) is 0 Å². The van der Waals surface area contributed by atoms with Gasteiger partial charge in [-0.2, -0.15) is 0 Å². The van der Waals surface area contributed by atoms with E-state index >= 15 is 0 Å². The molecule has 128 valence electrons. The van der Waals surface area contributed by atoms with Gasteiger partial charge in [0.25, 0.3) is 0 Å². The molecule has 4 nitrogen and oxygen atoms in total. The third-order valence-corrected chi connectivity index (χ3v) is 4.92. The van der Waals surface area contributed by atoms with Gasteiger partial charge in [0, 0.05) is 30.7 Å². The number of fused-ring (bicyclic) bond motifs is 1. The predicted octanol–water partition coefficient (Wildman–Crippen LogP) is 4.50. The van der Waals surface area contributed by atoms with Gasteiger partial charge in [-0.3, -0.25) is 0 Å². The molecule has 0 fully saturated rings. The number of benzene rings is 1. The van der Waals surface area contributed by atoms with Crippen LogP contribution in [0.3, 0.4) is 0 Å². The van der Waals surface area contributed by atoms with Crippen LogP contribution in [0.4, 0.5) is 5.69 Å². The minimum atomic E-state index is -0.00958. The Kier molecular flexibility index (Phi) is 4.09. The van der Waals surface area contributed by atoms with Crippen LogP contribution in [0.25, 0.3) is 0 Å². The number of nitrogens with zero attached hydrogens (tertiary/aromatic N) is 2. The van der Waals surface area contributed by atoms with Crippen molar-refractivity contribution in [3.8, 4) is 0 Å². The van der Waals surface area contributed by atoms with Gasteiger partial charge in [-0.1, -0.05) is 6.07 Å². The van der Waals surface area contributed by atoms with E-state index in [9.17, 15) is 0 Å². The van der Waals surface area contributed by atoms with Crippen molar-refractivity contribution in [3.63, 3.8) is 0 Å². The van der Waals surface area contributed by atoms with Gasteiger partial charge in [0.2, 0.25) is 0 Å². The van der Waals surface area contributed by atoms with Crippen LogP contribution >= 0.6 is 12.2 Å². The number of hydrogen-bond acceptors (Lipinski definition) is 2. The van der Waals surface area contributed by atoms with Gasteiger partial charge in [-0.15, -0.1) is 0 Å². The summed E-state index contributed by atoms with van der Waals surface area (Å²) >= 11 is 5.76. The predicted molar refractivity (Wildman–Crippen MR) is 104 cm³/mol. The molecule has 3 heterocycles. The van der Waals surface area contributed by atoms with Gasteiger partial charge >= 0.3 is 0 Å². The molecule has 0 bridgehead atoms. The molecular formula is C20H21N3OS. The second kappa shape index (κ2) is 6.41. The maximum absolute atomic E-state index is 5.76. The summed E-state index contributed by atoms with van der Waals surface area (Å²) in [7, 11) is 0. The zero-order chi connectivity index (χ0) is 17.4. The first-order valence-corrected chi connectivity index (χ1v) is 8.87. The smallest absolute Gasteiger partial charge is 0.174 e. The van der Waals surface area contributed by atoms with Crippen molar-refractivity contribution in [2.45, 2.75) is 26.4 Å². The first-order chi connectivity index (χ1) is 12.1. The maximum Gasteiger partial charge on any atom is 0.174 e. The number of hydrogen-bond donors (Lipinski definition) is 1. The van der Waals surface area contributed by atoms with Gasteiger partial charge in [0.15, 0.2) is 5.11 Å². The van der Waals surface area contributed by atoms with E-state index in [1.165, 1.54) is 16.8 Å². The lowest BCUT2D eigenvalue weighted by Crippen LogP contribution is -2.44. The lowest BCUT2D eigenvalue weighted by molar-refractivity contribution is 0.261. The fourth-order valence-corrected chi connectivity index (χ4v) is 3.91. The maximum atomic E-state index is 5.76. The molecule has 0 aliphatic carbocycles. The van der Waals surface area contributed by atoms with Gasteiger partial charge < -0.3 is 19.2 Å². The molecule has 0 spiro atoms. The van der Waals surface area contributed by atoms with Crippen LogP contribution in [-0.2, 0) is 6.54 Å². The largest absolute Gasteiger partial charge is 0.467 e. The summed E-state index contributed by atoms with van der Waals surface area (Å²) < 4.78 is 7.99. The topological polar surface area (TPSA) is 33.3 Å². The van der Waals surface area contributed by atoms with Gasteiger partial charge in [0.1, 0.15) is 11.8 Å². The molecule has 1 atom stereocenters. The van der Waals surface area contributed by atoms with Crippen LogP contribution in [-0.4, -0.2) is 21.1 Å². The lowest BCUT2D eigenvalue weighted by Gasteiger charge is -2.37. The van der Waals surface area contributed by atoms with Gasteiger partial charge in [-0.05, 0) is 73.6 Å².